The lowest BCUT2D eigenvalue weighted by Gasteiger charge is -2.50. The fraction of sp³-hybridized carbons (Fsp3) is 0.0769. The van der Waals surface area contributed by atoms with E-state index in [2.05, 4.69) is 213 Å². The molecule has 57 heavy (non-hydrogen) atoms. The zero-order chi connectivity index (χ0) is 38.0. The summed E-state index contributed by atoms with van der Waals surface area (Å²) in [5.74, 6) is 0. The molecule has 3 aliphatic rings. The molecule has 1 aromatic heterocycles. The first-order valence-electron chi connectivity index (χ1n) is 20.1. The van der Waals surface area contributed by atoms with Gasteiger partial charge in [0.1, 0.15) is 11.2 Å². The molecule has 0 aliphatic carbocycles. The number of furan rings is 1. The molecule has 3 aliphatic heterocycles. The van der Waals surface area contributed by atoms with Crippen molar-refractivity contribution >= 4 is 108 Å². The topological polar surface area (TPSA) is 19.6 Å². The molecule has 0 atom stereocenters. The van der Waals surface area contributed by atoms with Crippen LogP contribution >= 0.6 is 0 Å². The summed E-state index contributed by atoms with van der Waals surface area (Å²) in [5.41, 5.74) is 14.5. The minimum Gasteiger partial charge on any atom is -0.456 e. The average Bonchev–Trinajstić information content (AvgIpc) is 3.62. The SMILES string of the molecule is CC(C)(C)c1ccc(N2c3cc4c(cc3B3c5cccc6c5N(c5ccccc5[Si]6(c5ccccc5)c5ccccc5)c5cccc2c53)oc2ccccc24)cc1. The Balaban J connectivity index is 1.21. The monoisotopic (exact) mass is 746 g/mol. The van der Waals surface area contributed by atoms with E-state index in [9.17, 15) is 0 Å². The van der Waals surface area contributed by atoms with Crippen LogP contribution in [-0.4, -0.2) is 14.8 Å². The molecule has 0 unspecified atom stereocenters. The quantitative estimate of drug-likeness (QED) is 0.169. The van der Waals surface area contributed by atoms with Crippen LogP contribution < -0.4 is 46.9 Å². The third kappa shape index (κ3) is 4.38. The van der Waals surface area contributed by atoms with Crippen LogP contribution in [0.3, 0.4) is 0 Å². The minimum atomic E-state index is -2.81. The molecule has 0 spiro atoms. The van der Waals surface area contributed by atoms with Gasteiger partial charge in [-0.25, -0.2) is 0 Å². The van der Waals surface area contributed by atoms with Gasteiger partial charge in [-0.1, -0.05) is 154 Å². The molecule has 12 rings (SSSR count). The van der Waals surface area contributed by atoms with Gasteiger partial charge in [-0.15, -0.1) is 0 Å². The summed E-state index contributed by atoms with van der Waals surface area (Å²) in [4.78, 5) is 5.12. The summed E-state index contributed by atoms with van der Waals surface area (Å²) >= 11 is 0. The Morgan fingerprint density at radius 2 is 1.09 bits per heavy atom. The van der Waals surface area contributed by atoms with E-state index in [-0.39, 0.29) is 12.1 Å². The fourth-order valence-electron chi connectivity index (χ4n) is 10.4. The van der Waals surface area contributed by atoms with Crippen LogP contribution in [0.1, 0.15) is 26.3 Å². The molecular formula is C52H39BN2OSi. The molecule has 0 saturated heterocycles. The van der Waals surface area contributed by atoms with Gasteiger partial charge in [0.2, 0.25) is 0 Å². The van der Waals surface area contributed by atoms with Gasteiger partial charge in [0.25, 0.3) is 6.71 Å². The molecule has 4 heterocycles. The van der Waals surface area contributed by atoms with Crippen molar-refractivity contribution < 1.29 is 4.42 Å². The smallest absolute Gasteiger partial charge is 0.252 e. The number of para-hydroxylation sites is 3. The van der Waals surface area contributed by atoms with Gasteiger partial charge in [-0.2, -0.15) is 0 Å². The number of nitrogens with zero attached hydrogens (tertiary/aromatic N) is 2. The van der Waals surface area contributed by atoms with Gasteiger partial charge in [0.15, 0.2) is 8.07 Å². The highest BCUT2D eigenvalue weighted by atomic mass is 28.3. The summed E-state index contributed by atoms with van der Waals surface area (Å²) in [5, 5.41) is 7.92. The molecule has 8 aromatic carbocycles. The lowest BCUT2D eigenvalue weighted by atomic mass is 9.33. The Kier molecular flexibility index (Phi) is 6.72. The van der Waals surface area contributed by atoms with E-state index in [0.29, 0.717) is 0 Å². The summed E-state index contributed by atoms with van der Waals surface area (Å²) in [7, 11) is -2.81. The Bertz CT molecular complexity index is 3040. The second-order valence-corrected chi connectivity index (χ2v) is 20.6. The Labute approximate surface area is 334 Å². The summed E-state index contributed by atoms with van der Waals surface area (Å²) < 4.78 is 6.68. The van der Waals surface area contributed by atoms with E-state index in [4.69, 9.17) is 4.42 Å². The first-order chi connectivity index (χ1) is 27.9. The highest BCUT2D eigenvalue weighted by Gasteiger charge is 2.53. The lowest BCUT2D eigenvalue weighted by Crippen LogP contribution is -2.79. The normalized spacial score (nSPS) is 14.6. The van der Waals surface area contributed by atoms with Crippen LogP contribution in [0, 0.1) is 0 Å². The maximum atomic E-state index is 6.68. The van der Waals surface area contributed by atoms with Crippen LogP contribution in [0.15, 0.2) is 186 Å². The average molecular weight is 747 g/mol. The summed E-state index contributed by atoms with van der Waals surface area (Å²) in [6.45, 7) is 6.84. The van der Waals surface area contributed by atoms with E-state index in [0.717, 1.165) is 27.6 Å². The maximum absolute atomic E-state index is 6.68. The predicted molar refractivity (Wildman–Crippen MR) is 244 cm³/mol. The van der Waals surface area contributed by atoms with Gasteiger partial charge in [-0.05, 0) is 96.6 Å². The molecule has 270 valence electrons. The first kappa shape index (κ1) is 32.7. The van der Waals surface area contributed by atoms with Crippen molar-refractivity contribution in [3.63, 3.8) is 0 Å². The van der Waals surface area contributed by atoms with Gasteiger partial charge < -0.3 is 14.2 Å². The largest absolute Gasteiger partial charge is 0.456 e. The van der Waals surface area contributed by atoms with Crippen molar-refractivity contribution in [2.75, 3.05) is 9.80 Å². The van der Waals surface area contributed by atoms with Gasteiger partial charge in [-0.3, -0.25) is 0 Å². The van der Waals surface area contributed by atoms with E-state index in [1.54, 1.807) is 0 Å². The number of fused-ring (bicyclic) bond motifs is 9. The third-order valence-electron chi connectivity index (χ3n) is 12.9. The predicted octanol–water partition coefficient (Wildman–Crippen LogP) is 8.66. The van der Waals surface area contributed by atoms with Crippen molar-refractivity contribution in [2.45, 2.75) is 26.2 Å². The number of hydrogen-bond acceptors (Lipinski definition) is 3. The molecule has 0 N–H and O–H groups in total. The molecular weight excluding hydrogens is 707 g/mol. The van der Waals surface area contributed by atoms with Crippen LogP contribution in [0.2, 0.25) is 0 Å². The van der Waals surface area contributed by atoms with E-state index < -0.39 is 8.07 Å². The Hall–Kier alpha value is -6.56. The number of rotatable bonds is 3. The van der Waals surface area contributed by atoms with Crippen LogP contribution in [0.25, 0.3) is 21.9 Å². The molecule has 0 fully saturated rings. The first-order valence-corrected chi connectivity index (χ1v) is 22.1. The Morgan fingerprint density at radius 1 is 0.474 bits per heavy atom. The van der Waals surface area contributed by atoms with Crippen molar-refractivity contribution in [1.82, 2.24) is 0 Å². The zero-order valence-corrected chi connectivity index (χ0v) is 33.2. The molecule has 3 nitrogen and oxygen atoms in total. The summed E-state index contributed by atoms with van der Waals surface area (Å²) in [6.07, 6.45) is 0. The number of anilines is 6. The highest BCUT2D eigenvalue weighted by Crippen LogP contribution is 2.46. The van der Waals surface area contributed by atoms with Crippen molar-refractivity contribution in [3.05, 3.63) is 188 Å². The van der Waals surface area contributed by atoms with E-state index in [1.165, 1.54) is 71.1 Å². The third-order valence-corrected chi connectivity index (χ3v) is 17.7. The van der Waals surface area contributed by atoms with Crippen molar-refractivity contribution in [3.8, 4) is 0 Å². The maximum Gasteiger partial charge on any atom is 0.252 e. The lowest BCUT2D eigenvalue weighted by molar-refractivity contribution is 0.590. The van der Waals surface area contributed by atoms with Crippen LogP contribution in [-0.2, 0) is 5.41 Å². The minimum absolute atomic E-state index is 0.0105. The standard InChI is InChI=1S/C52H39BN2OSi/c1-52(2,3)34-28-30-35(31-29-34)54-43-23-15-24-44-50(43)53(41-33-47-39(32-45(41)54)38-20-10-12-25-46(38)56-47)40-21-14-27-49-51(40)55(44)42-22-11-13-26-48(42)57(49,36-16-6-4-7-17-36)37-18-8-5-9-19-37/h4-33H,1-3H3. The van der Waals surface area contributed by atoms with Crippen LogP contribution in [0.4, 0.5) is 34.1 Å². The van der Waals surface area contributed by atoms with Crippen molar-refractivity contribution in [1.29, 1.82) is 0 Å². The van der Waals surface area contributed by atoms with Gasteiger partial charge in [0.05, 0.1) is 0 Å². The molecule has 0 radical (unpaired) electrons. The Morgan fingerprint density at radius 3 is 1.82 bits per heavy atom. The van der Waals surface area contributed by atoms with Crippen LogP contribution in [0.5, 0.6) is 0 Å². The van der Waals surface area contributed by atoms with E-state index in [1.807, 2.05) is 0 Å². The van der Waals surface area contributed by atoms with E-state index >= 15 is 0 Å². The molecule has 5 heteroatoms. The van der Waals surface area contributed by atoms with Gasteiger partial charge in [0, 0.05) is 44.9 Å². The van der Waals surface area contributed by atoms with Gasteiger partial charge >= 0.3 is 0 Å². The molecule has 0 amide bonds. The second kappa shape index (κ2) is 11.7. The fourth-order valence-corrected chi connectivity index (χ4v) is 15.6. The number of hydrogen-bond donors (Lipinski definition) is 0. The molecule has 0 bridgehead atoms. The second-order valence-electron chi connectivity index (χ2n) is 16.9. The summed E-state index contributed by atoms with van der Waals surface area (Å²) in [6, 6.07) is 68.5. The highest BCUT2D eigenvalue weighted by molar-refractivity contribution is 7.22. The molecule has 9 aromatic rings. The van der Waals surface area contributed by atoms with Crippen molar-refractivity contribution in [2.24, 2.45) is 0 Å². The zero-order valence-electron chi connectivity index (χ0n) is 32.2. The number of benzene rings is 8. The molecule has 0 saturated carbocycles.